The lowest BCUT2D eigenvalue weighted by Gasteiger charge is -2.27. The van der Waals surface area contributed by atoms with Crippen molar-refractivity contribution in [1.82, 2.24) is 5.32 Å². The minimum atomic E-state index is -0.967. The lowest BCUT2D eigenvalue weighted by molar-refractivity contribution is -0.153. The fourth-order valence-corrected chi connectivity index (χ4v) is 1.65. The zero-order valence-electron chi connectivity index (χ0n) is 8.86. The van der Waals surface area contributed by atoms with E-state index in [1.807, 2.05) is 6.92 Å². The Morgan fingerprint density at radius 3 is 2.80 bits per heavy atom. The predicted molar refractivity (Wildman–Crippen MR) is 53.4 cm³/mol. The number of nitrogens with one attached hydrogen (secondary N) is 1. The van der Waals surface area contributed by atoms with Gasteiger partial charge in [0.05, 0.1) is 12.8 Å². The quantitative estimate of drug-likeness (QED) is 0.669. The summed E-state index contributed by atoms with van der Waals surface area (Å²) in [5.41, 5.74) is 0. The maximum Gasteiger partial charge on any atom is 0.306 e. The van der Waals surface area contributed by atoms with E-state index in [4.69, 9.17) is 9.84 Å². The second-order valence-corrected chi connectivity index (χ2v) is 3.89. The van der Waals surface area contributed by atoms with Crippen LogP contribution in [0.2, 0.25) is 0 Å². The first-order chi connectivity index (χ1) is 7.08. The summed E-state index contributed by atoms with van der Waals surface area (Å²) in [4.78, 5) is 21.4. The minimum absolute atomic E-state index is 0.0341. The molecule has 15 heavy (non-hydrogen) atoms. The number of carboxylic acids is 1. The van der Waals surface area contributed by atoms with Gasteiger partial charge in [0.1, 0.15) is 6.10 Å². The number of rotatable bonds is 4. The summed E-state index contributed by atoms with van der Waals surface area (Å²) in [5, 5.41) is 11.6. The molecule has 2 atom stereocenters. The molecule has 0 aromatic rings. The van der Waals surface area contributed by atoms with Gasteiger partial charge in [-0.3, -0.25) is 9.59 Å². The van der Waals surface area contributed by atoms with Crippen LogP contribution in [0.3, 0.4) is 0 Å². The molecule has 1 heterocycles. The van der Waals surface area contributed by atoms with Crippen LogP contribution in [-0.2, 0) is 14.3 Å². The molecule has 0 spiro atoms. The smallest absolute Gasteiger partial charge is 0.306 e. The molecule has 2 unspecified atom stereocenters. The molecule has 5 nitrogen and oxygen atoms in total. The predicted octanol–water partition coefficient (Wildman–Crippen LogP) is 0.535. The first-order valence-corrected chi connectivity index (χ1v) is 5.22. The number of hydrogen-bond donors (Lipinski definition) is 2. The van der Waals surface area contributed by atoms with Gasteiger partial charge < -0.3 is 15.2 Å². The van der Waals surface area contributed by atoms with Crippen LogP contribution in [0, 0.1) is 0 Å². The van der Waals surface area contributed by atoms with E-state index in [1.54, 1.807) is 0 Å². The van der Waals surface area contributed by atoms with Gasteiger partial charge in [-0.05, 0) is 26.3 Å². The highest BCUT2D eigenvalue weighted by Crippen LogP contribution is 2.13. The van der Waals surface area contributed by atoms with E-state index in [0.717, 1.165) is 19.4 Å². The van der Waals surface area contributed by atoms with E-state index < -0.39 is 11.9 Å². The largest absolute Gasteiger partial charge is 0.481 e. The van der Waals surface area contributed by atoms with E-state index in [0.29, 0.717) is 6.04 Å². The second-order valence-electron chi connectivity index (χ2n) is 3.89. The van der Waals surface area contributed by atoms with E-state index in [2.05, 4.69) is 5.32 Å². The molecule has 1 aliphatic heterocycles. The number of aliphatic carboxylic acids is 1. The van der Waals surface area contributed by atoms with Crippen molar-refractivity contribution in [3.63, 3.8) is 0 Å². The molecule has 86 valence electrons. The van der Waals surface area contributed by atoms with Gasteiger partial charge in [0.25, 0.3) is 0 Å². The van der Waals surface area contributed by atoms with Crippen molar-refractivity contribution >= 4 is 11.9 Å². The van der Waals surface area contributed by atoms with Crippen LogP contribution >= 0.6 is 0 Å². The van der Waals surface area contributed by atoms with E-state index in [9.17, 15) is 9.59 Å². The number of piperidine rings is 1. The molecule has 2 N–H and O–H groups in total. The van der Waals surface area contributed by atoms with E-state index >= 15 is 0 Å². The van der Waals surface area contributed by atoms with E-state index in [1.165, 1.54) is 0 Å². The second kappa shape index (κ2) is 5.70. The van der Waals surface area contributed by atoms with Gasteiger partial charge in [-0.2, -0.15) is 0 Å². The lowest BCUT2D eigenvalue weighted by Crippen LogP contribution is -2.40. The molecule has 0 aromatic heterocycles. The van der Waals surface area contributed by atoms with Crippen molar-refractivity contribution in [2.24, 2.45) is 0 Å². The Labute approximate surface area is 88.8 Å². The summed E-state index contributed by atoms with van der Waals surface area (Å²) in [6.45, 7) is 2.88. The van der Waals surface area contributed by atoms with Crippen molar-refractivity contribution in [2.75, 3.05) is 6.54 Å². The van der Waals surface area contributed by atoms with Gasteiger partial charge in [-0.25, -0.2) is 0 Å². The fourth-order valence-electron chi connectivity index (χ4n) is 1.65. The Bertz CT molecular complexity index is 242. The third-order valence-electron chi connectivity index (χ3n) is 2.42. The molecule has 1 aliphatic rings. The number of esters is 1. The van der Waals surface area contributed by atoms with Crippen LogP contribution in [0.5, 0.6) is 0 Å². The van der Waals surface area contributed by atoms with Gasteiger partial charge in [0.15, 0.2) is 0 Å². The van der Waals surface area contributed by atoms with Crippen molar-refractivity contribution in [1.29, 1.82) is 0 Å². The van der Waals surface area contributed by atoms with Crippen molar-refractivity contribution in [3.8, 4) is 0 Å². The summed E-state index contributed by atoms with van der Waals surface area (Å²) >= 11 is 0. The zero-order valence-corrected chi connectivity index (χ0v) is 8.86. The zero-order chi connectivity index (χ0) is 11.3. The number of hydrogen-bond acceptors (Lipinski definition) is 4. The number of carbonyl (C=O) groups excluding carboxylic acids is 1. The molecule has 0 aromatic carbocycles. The molecule has 0 amide bonds. The molecule has 0 saturated carbocycles. The third kappa shape index (κ3) is 4.78. The molecule has 5 heteroatoms. The van der Waals surface area contributed by atoms with Crippen molar-refractivity contribution in [3.05, 3.63) is 0 Å². The Kier molecular flexibility index (Phi) is 4.55. The SMILES string of the molecule is CC1CC(OC(=O)CCC(=O)O)CCN1. The molecule has 1 saturated heterocycles. The maximum absolute atomic E-state index is 11.2. The molecule has 0 aliphatic carbocycles. The molecular weight excluding hydrogens is 198 g/mol. The first kappa shape index (κ1) is 12.0. The third-order valence-corrected chi connectivity index (χ3v) is 2.42. The summed E-state index contributed by atoms with van der Waals surface area (Å²) in [6.07, 6.45) is 1.37. The van der Waals surface area contributed by atoms with Gasteiger partial charge in [-0.15, -0.1) is 0 Å². The Morgan fingerprint density at radius 2 is 2.20 bits per heavy atom. The summed E-state index contributed by atoms with van der Waals surface area (Å²) in [5.74, 6) is -1.37. The van der Waals surface area contributed by atoms with Crippen molar-refractivity contribution < 1.29 is 19.4 Å². The molecule has 0 bridgehead atoms. The standard InChI is InChI=1S/C10H17NO4/c1-7-6-8(4-5-11-7)15-10(14)3-2-9(12)13/h7-8,11H,2-6H2,1H3,(H,12,13). The normalized spacial score (nSPS) is 25.9. The first-order valence-electron chi connectivity index (χ1n) is 5.22. The van der Waals surface area contributed by atoms with Crippen LogP contribution in [0.15, 0.2) is 0 Å². The molecule has 0 radical (unpaired) electrons. The fraction of sp³-hybridized carbons (Fsp3) is 0.800. The summed E-state index contributed by atoms with van der Waals surface area (Å²) < 4.78 is 5.17. The van der Waals surface area contributed by atoms with Crippen LogP contribution < -0.4 is 5.32 Å². The average Bonchev–Trinajstić information content (AvgIpc) is 2.15. The van der Waals surface area contributed by atoms with E-state index in [-0.39, 0.29) is 18.9 Å². The molecular formula is C10H17NO4. The highest BCUT2D eigenvalue weighted by Gasteiger charge is 2.21. The van der Waals surface area contributed by atoms with Crippen LogP contribution in [0.25, 0.3) is 0 Å². The molecule has 1 rings (SSSR count). The van der Waals surface area contributed by atoms with Gasteiger partial charge >= 0.3 is 11.9 Å². The number of ether oxygens (including phenoxy) is 1. The van der Waals surface area contributed by atoms with Gasteiger partial charge in [0.2, 0.25) is 0 Å². The number of carbonyl (C=O) groups is 2. The number of carboxylic acid groups (broad SMARTS) is 1. The van der Waals surface area contributed by atoms with Gasteiger partial charge in [-0.1, -0.05) is 0 Å². The maximum atomic E-state index is 11.2. The minimum Gasteiger partial charge on any atom is -0.481 e. The lowest BCUT2D eigenvalue weighted by atomic mass is 10.0. The Hall–Kier alpha value is -1.10. The van der Waals surface area contributed by atoms with Crippen molar-refractivity contribution in [2.45, 2.75) is 44.8 Å². The summed E-state index contributed by atoms with van der Waals surface area (Å²) in [7, 11) is 0. The Morgan fingerprint density at radius 1 is 1.47 bits per heavy atom. The highest BCUT2D eigenvalue weighted by molar-refractivity contribution is 5.76. The highest BCUT2D eigenvalue weighted by atomic mass is 16.5. The van der Waals surface area contributed by atoms with Crippen LogP contribution in [0.1, 0.15) is 32.6 Å². The average molecular weight is 215 g/mol. The Balaban J connectivity index is 2.22. The monoisotopic (exact) mass is 215 g/mol. The van der Waals surface area contributed by atoms with Crippen LogP contribution in [0.4, 0.5) is 0 Å². The molecule has 1 fully saturated rings. The summed E-state index contributed by atoms with van der Waals surface area (Å²) in [6, 6.07) is 0.357. The van der Waals surface area contributed by atoms with Crippen LogP contribution in [-0.4, -0.2) is 35.7 Å². The topological polar surface area (TPSA) is 75.6 Å². The van der Waals surface area contributed by atoms with Gasteiger partial charge in [0, 0.05) is 6.04 Å².